The van der Waals surface area contributed by atoms with Gasteiger partial charge in [-0.2, -0.15) is 0 Å². The number of aliphatic hydroxyl groups excluding tert-OH is 1. The summed E-state index contributed by atoms with van der Waals surface area (Å²) in [6.45, 7) is 5.03. The second-order valence-corrected chi connectivity index (χ2v) is 8.40. The first-order valence-corrected chi connectivity index (χ1v) is 10.4. The number of nitrogens with one attached hydrogen (secondary N) is 1. The van der Waals surface area contributed by atoms with Gasteiger partial charge in [-0.1, -0.05) is 19.4 Å². The first-order chi connectivity index (χ1) is 11.8. The van der Waals surface area contributed by atoms with Crippen LogP contribution in [0.25, 0.3) is 0 Å². The van der Waals surface area contributed by atoms with Crippen LogP contribution >= 0.6 is 0 Å². The molecule has 2 rings (SSSR count). The molecule has 0 saturated carbocycles. The summed E-state index contributed by atoms with van der Waals surface area (Å²) in [5.74, 6) is 0.135. The number of hydrogen-bond acceptors (Lipinski definition) is 4. The van der Waals surface area contributed by atoms with Crippen molar-refractivity contribution in [2.75, 3.05) is 13.1 Å². The van der Waals surface area contributed by atoms with E-state index < -0.39 is 16.1 Å². The fourth-order valence-corrected chi connectivity index (χ4v) is 3.98. The highest BCUT2D eigenvalue weighted by atomic mass is 32.2. The normalized spacial score (nSPS) is 15.7. The van der Waals surface area contributed by atoms with Crippen LogP contribution in [0.3, 0.4) is 0 Å². The second-order valence-electron chi connectivity index (χ2n) is 6.63. The van der Waals surface area contributed by atoms with E-state index in [-0.39, 0.29) is 17.3 Å². The number of benzene rings is 1. The van der Waals surface area contributed by atoms with Gasteiger partial charge in [0.05, 0.1) is 11.0 Å². The zero-order chi connectivity index (χ0) is 18.4. The number of fused-ring (bicyclic) bond motifs is 1. The van der Waals surface area contributed by atoms with Gasteiger partial charge in [-0.15, -0.1) is 0 Å². The van der Waals surface area contributed by atoms with Gasteiger partial charge >= 0.3 is 0 Å². The number of amides is 1. The Hall–Kier alpha value is -1.44. The smallest absolute Gasteiger partial charge is 0.240 e. The van der Waals surface area contributed by atoms with Crippen molar-refractivity contribution < 1.29 is 18.3 Å². The number of rotatable bonds is 8. The Bertz CT molecular complexity index is 701. The quantitative estimate of drug-likeness (QED) is 0.733. The maximum absolute atomic E-state index is 12.4. The minimum absolute atomic E-state index is 0.135. The molecule has 140 valence electrons. The number of sulfonamides is 1. The summed E-state index contributed by atoms with van der Waals surface area (Å²) < 4.78 is 27.3. The molecule has 0 saturated heterocycles. The summed E-state index contributed by atoms with van der Waals surface area (Å²) in [4.78, 5) is 14.2. The number of carbonyl (C=O) groups excluding carboxylic acids is 1. The monoisotopic (exact) mass is 368 g/mol. The molecular formula is C18H28N2O4S. The molecule has 1 unspecified atom stereocenters. The van der Waals surface area contributed by atoms with Crippen LogP contribution in [-0.4, -0.2) is 43.5 Å². The lowest BCUT2D eigenvalue weighted by molar-refractivity contribution is -0.132. The van der Waals surface area contributed by atoms with Gasteiger partial charge in [0, 0.05) is 26.1 Å². The fraction of sp³-hybridized carbons (Fsp3) is 0.611. The van der Waals surface area contributed by atoms with E-state index in [4.69, 9.17) is 0 Å². The van der Waals surface area contributed by atoms with Gasteiger partial charge in [0.25, 0.3) is 0 Å². The van der Waals surface area contributed by atoms with Crippen LogP contribution in [0.5, 0.6) is 0 Å². The van der Waals surface area contributed by atoms with Crippen LogP contribution < -0.4 is 4.72 Å². The topological polar surface area (TPSA) is 86.7 Å². The third kappa shape index (κ3) is 5.52. The van der Waals surface area contributed by atoms with Crippen molar-refractivity contribution >= 4 is 15.9 Å². The highest BCUT2D eigenvalue weighted by Crippen LogP contribution is 2.23. The maximum Gasteiger partial charge on any atom is 0.240 e. The van der Waals surface area contributed by atoms with E-state index in [2.05, 4.69) is 11.6 Å². The van der Waals surface area contributed by atoms with E-state index >= 15 is 0 Å². The summed E-state index contributed by atoms with van der Waals surface area (Å²) in [5.41, 5.74) is 2.00. The second kappa shape index (κ2) is 8.78. The number of hydrogen-bond donors (Lipinski definition) is 2. The van der Waals surface area contributed by atoms with Gasteiger partial charge in [-0.05, 0) is 49.4 Å². The summed E-state index contributed by atoms with van der Waals surface area (Å²) in [7, 11) is -3.61. The van der Waals surface area contributed by atoms with E-state index in [1.807, 2.05) is 11.0 Å². The Morgan fingerprint density at radius 1 is 1.36 bits per heavy atom. The molecule has 0 radical (unpaired) electrons. The summed E-state index contributed by atoms with van der Waals surface area (Å²) in [6.07, 6.45) is 2.98. The molecule has 2 N–H and O–H groups in total. The summed E-state index contributed by atoms with van der Waals surface area (Å²) >= 11 is 0. The Morgan fingerprint density at radius 3 is 2.80 bits per heavy atom. The molecule has 0 spiro atoms. The lowest BCUT2D eigenvalue weighted by Crippen LogP contribution is -2.36. The molecule has 0 bridgehead atoms. The Morgan fingerprint density at radius 2 is 2.12 bits per heavy atom. The summed E-state index contributed by atoms with van der Waals surface area (Å²) in [5, 5.41) is 9.25. The Kier molecular flexibility index (Phi) is 6.98. The van der Waals surface area contributed by atoms with Crippen LogP contribution in [0.1, 0.15) is 50.7 Å². The molecule has 6 nitrogen and oxygen atoms in total. The molecule has 0 fully saturated rings. The highest BCUT2D eigenvalue weighted by molar-refractivity contribution is 7.89. The molecular weight excluding hydrogens is 340 g/mol. The predicted molar refractivity (Wildman–Crippen MR) is 96.6 cm³/mol. The molecule has 0 aliphatic carbocycles. The van der Waals surface area contributed by atoms with Gasteiger partial charge < -0.3 is 10.0 Å². The van der Waals surface area contributed by atoms with Crippen molar-refractivity contribution in [3.05, 3.63) is 29.3 Å². The van der Waals surface area contributed by atoms with Gasteiger partial charge in [0.15, 0.2) is 0 Å². The van der Waals surface area contributed by atoms with Crippen molar-refractivity contribution in [3.8, 4) is 0 Å². The predicted octanol–water partition coefficient (Wildman–Crippen LogP) is 1.81. The van der Waals surface area contributed by atoms with E-state index in [9.17, 15) is 18.3 Å². The van der Waals surface area contributed by atoms with Gasteiger partial charge in [0.2, 0.25) is 15.9 Å². The third-order valence-electron chi connectivity index (χ3n) is 4.45. The van der Waals surface area contributed by atoms with Crippen LogP contribution in [0, 0.1) is 0 Å². The van der Waals surface area contributed by atoms with Crippen LogP contribution in [-0.2, 0) is 27.8 Å². The minimum atomic E-state index is -3.61. The Labute approximate surface area is 150 Å². The first kappa shape index (κ1) is 19.9. The third-order valence-corrected chi connectivity index (χ3v) is 5.91. The van der Waals surface area contributed by atoms with E-state index in [1.54, 1.807) is 19.1 Å². The van der Waals surface area contributed by atoms with Crippen molar-refractivity contribution in [1.29, 1.82) is 0 Å². The van der Waals surface area contributed by atoms with E-state index in [0.29, 0.717) is 25.9 Å². The average Bonchev–Trinajstić information content (AvgIpc) is 2.58. The lowest BCUT2D eigenvalue weighted by Gasteiger charge is -2.29. The van der Waals surface area contributed by atoms with Crippen LogP contribution in [0.4, 0.5) is 0 Å². The molecule has 25 heavy (non-hydrogen) atoms. The molecule has 0 aromatic heterocycles. The van der Waals surface area contributed by atoms with Gasteiger partial charge in [-0.25, -0.2) is 13.1 Å². The van der Waals surface area contributed by atoms with Crippen molar-refractivity contribution in [2.24, 2.45) is 0 Å². The molecule has 1 aliphatic rings. The minimum Gasteiger partial charge on any atom is -0.393 e. The number of aliphatic hydroxyl groups is 1. The molecule has 1 aliphatic heterocycles. The largest absolute Gasteiger partial charge is 0.393 e. The first-order valence-electron chi connectivity index (χ1n) is 8.90. The zero-order valence-electron chi connectivity index (χ0n) is 15.0. The Balaban J connectivity index is 2.09. The van der Waals surface area contributed by atoms with E-state index in [1.165, 1.54) is 0 Å². The molecule has 7 heteroatoms. The molecule has 1 aromatic rings. The maximum atomic E-state index is 12.4. The van der Waals surface area contributed by atoms with Crippen LogP contribution in [0.2, 0.25) is 0 Å². The van der Waals surface area contributed by atoms with E-state index in [0.717, 1.165) is 30.4 Å². The van der Waals surface area contributed by atoms with Gasteiger partial charge in [0.1, 0.15) is 0 Å². The highest BCUT2D eigenvalue weighted by Gasteiger charge is 2.22. The SMILES string of the molecule is CCCCC(=O)N1CCc2ccc(S(=O)(=O)NCCC(C)O)cc2C1. The van der Waals surface area contributed by atoms with Crippen molar-refractivity contribution in [3.63, 3.8) is 0 Å². The molecule has 1 heterocycles. The standard InChI is InChI=1S/C18H28N2O4S/c1-3-4-5-18(22)20-11-9-15-6-7-17(12-16(15)13-20)25(23,24)19-10-8-14(2)21/h6-7,12,14,19,21H,3-5,8-11,13H2,1-2H3. The van der Waals surface area contributed by atoms with Crippen molar-refractivity contribution in [1.82, 2.24) is 9.62 Å². The summed E-state index contributed by atoms with van der Waals surface area (Å²) in [6, 6.07) is 5.11. The number of nitrogens with zero attached hydrogens (tertiary/aromatic N) is 1. The number of unbranched alkanes of at least 4 members (excludes halogenated alkanes) is 1. The zero-order valence-corrected chi connectivity index (χ0v) is 15.8. The number of carbonyl (C=O) groups is 1. The van der Waals surface area contributed by atoms with Crippen LogP contribution in [0.15, 0.2) is 23.1 Å². The molecule has 1 amide bonds. The fourth-order valence-electron chi connectivity index (χ4n) is 2.89. The van der Waals surface area contributed by atoms with Gasteiger partial charge in [-0.3, -0.25) is 4.79 Å². The lowest BCUT2D eigenvalue weighted by atomic mass is 9.99. The molecule has 1 aromatic carbocycles. The average molecular weight is 368 g/mol. The van der Waals surface area contributed by atoms with Crippen molar-refractivity contribution in [2.45, 2.75) is 63.5 Å². The molecule has 1 atom stereocenters.